The molecule has 18 heavy (non-hydrogen) atoms. The molecule has 1 aromatic rings. The summed E-state index contributed by atoms with van der Waals surface area (Å²) in [6.07, 6.45) is 7.33. The molecule has 0 saturated carbocycles. The minimum absolute atomic E-state index is 0.00958. The van der Waals surface area contributed by atoms with E-state index in [1.54, 1.807) is 0 Å². The fourth-order valence-corrected chi connectivity index (χ4v) is 2.39. The molecule has 0 aliphatic carbocycles. The van der Waals surface area contributed by atoms with Crippen molar-refractivity contribution in [2.45, 2.75) is 25.8 Å². The number of benzene rings is 1. The highest BCUT2D eigenvalue weighted by molar-refractivity contribution is 5.85. The normalized spacial score (nSPS) is 15.4. The fourth-order valence-electron chi connectivity index (χ4n) is 2.39. The van der Waals surface area contributed by atoms with Crippen LogP contribution in [0.4, 0.5) is 5.69 Å². The third-order valence-electron chi connectivity index (χ3n) is 3.36. The molecule has 1 amide bonds. The van der Waals surface area contributed by atoms with Crippen molar-refractivity contribution in [1.29, 1.82) is 0 Å². The van der Waals surface area contributed by atoms with Gasteiger partial charge in [0.25, 0.3) is 0 Å². The van der Waals surface area contributed by atoms with Crippen molar-refractivity contribution in [2.24, 2.45) is 0 Å². The second-order valence-corrected chi connectivity index (χ2v) is 4.52. The molecular weight excluding hydrogens is 224 g/mol. The van der Waals surface area contributed by atoms with Crippen LogP contribution in [0.3, 0.4) is 0 Å². The number of fused-ring (bicyclic) bond motifs is 1. The van der Waals surface area contributed by atoms with Gasteiger partial charge in [-0.05, 0) is 31.4 Å². The predicted octanol–water partition coefficient (Wildman–Crippen LogP) is 1.58. The Labute approximate surface area is 108 Å². The molecule has 1 N–H and O–H groups in total. The van der Waals surface area contributed by atoms with Crippen LogP contribution in [0.25, 0.3) is 0 Å². The second kappa shape index (κ2) is 5.59. The summed E-state index contributed by atoms with van der Waals surface area (Å²) in [6, 6.07) is 8.10. The summed E-state index contributed by atoms with van der Waals surface area (Å²) in [5, 5.41) is 2.74. The van der Waals surface area contributed by atoms with Gasteiger partial charge in [0.05, 0.1) is 6.54 Å². The molecule has 0 aromatic heterocycles. The Morgan fingerprint density at radius 3 is 3.11 bits per heavy atom. The first-order valence-corrected chi connectivity index (χ1v) is 6.29. The predicted molar refractivity (Wildman–Crippen MR) is 73.4 cm³/mol. The molecule has 1 aliphatic rings. The molecule has 1 aromatic carbocycles. The highest BCUT2D eigenvalue weighted by Gasteiger charge is 2.25. The third kappa shape index (κ3) is 2.48. The fraction of sp³-hybridized carbons (Fsp3) is 0.400. The molecule has 0 spiro atoms. The molecule has 1 unspecified atom stereocenters. The lowest BCUT2D eigenvalue weighted by Gasteiger charge is -2.35. The van der Waals surface area contributed by atoms with E-state index in [0.29, 0.717) is 6.54 Å². The number of amides is 1. The SMILES string of the molecule is C#CCNC(=O)C(C)N1CCCc2ccccc21. The topological polar surface area (TPSA) is 32.3 Å². The summed E-state index contributed by atoms with van der Waals surface area (Å²) in [5.41, 5.74) is 2.49. The quantitative estimate of drug-likeness (QED) is 0.816. The zero-order valence-corrected chi connectivity index (χ0v) is 10.6. The Balaban J connectivity index is 2.15. The largest absolute Gasteiger partial charge is 0.360 e. The number of para-hydroxylation sites is 1. The van der Waals surface area contributed by atoms with Crippen LogP contribution >= 0.6 is 0 Å². The Morgan fingerprint density at radius 2 is 2.33 bits per heavy atom. The molecule has 3 nitrogen and oxygen atoms in total. The van der Waals surface area contributed by atoms with E-state index in [4.69, 9.17) is 6.42 Å². The molecule has 0 radical (unpaired) electrons. The van der Waals surface area contributed by atoms with Crippen LogP contribution in [-0.2, 0) is 11.2 Å². The van der Waals surface area contributed by atoms with Crippen molar-refractivity contribution in [1.82, 2.24) is 5.32 Å². The second-order valence-electron chi connectivity index (χ2n) is 4.52. The summed E-state index contributed by atoms with van der Waals surface area (Å²) in [5.74, 6) is 2.42. The first-order valence-electron chi connectivity index (χ1n) is 6.29. The molecule has 0 bridgehead atoms. The number of aryl methyl sites for hydroxylation is 1. The van der Waals surface area contributed by atoms with Gasteiger partial charge in [-0.25, -0.2) is 0 Å². The van der Waals surface area contributed by atoms with Gasteiger partial charge >= 0.3 is 0 Å². The number of anilines is 1. The van der Waals surface area contributed by atoms with Gasteiger partial charge in [0.15, 0.2) is 0 Å². The smallest absolute Gasteiger partial charge is 0.243 e. The van der Waals surface area contributed by atoms with Gasteiger partial charge in [0.2, 0.25) is 5.91 Å². The number of hydrogen-bond donors (Lipinski definition) is 1. The van der Waals surface area contributed by atoms with Crippen molar-refractivity contribution in [2.75, 3.05) is 18.0 Å². The van der Waals surface area contributed by atoms with E-state index in [1.165, 1.54) is 11.3 Å². The monoisotopic (exact) mass is 242 g/mol. The number of nitrogens with one attached hydrogen (secondary N) is 1. The van der Waals surface area contributed by atoms with Crippen molar-refractivity contribution in [3.8, 4) is 12.3 Å². The number of nitrogens with zero attached hydrogens (tertiary/aromatic N) is 1. The lowest BCUT2D eigenvalue weighted by molar-refractivity contribution is -0.121. The highest BCUT2D eigenvalue weighted by Crippen LogP contribution is 2.28. The van der Waals surface area contributed by atoms with Crippen LogP contribution in [-0.4, -0.2) is 25.0 Å². The minimum Gasteiger partial charge on any atom is -0.360 e. The van der Waals surface area contributed by atoms with Gasteiger partial charge in [0.1, 0.15) is 6.04 Å². The highest BCUT2D eigenvalue weighted by atomic mass is 16.2. The minimum atomic E-state index is -0.181. The van der Waals surface area contributed by atoms with E-state index in [-0.39, 0.29) is 11.9 Å². The van der Waals surface area contributed by atoms with Crippen molar-refractivity contribution < 1.29 is 4.79 Å². The molecule has 3 heteroatoms. The number of rotatable bonds is 3. The van der Waals surface area contributed by atoms with Gasteiger partial charge in [-0.3, -0.25) is 4.79 Å². The summed E-state index contributed by atoms with van der Waals surface area (Å²) in [6.45, 7) is 3.13. The maximum atomic E-state index is 12.0. The van der Waals surface area contributed by atoms with Crippen molar-refractivity contribution in [3.63, 3.8) is 0 Å². The molecule has 1 aliphatic heterocycles. The van der Waals surface area contributed by atoms with Crippen LogP contribution in [0.1, 0.15) is 18.9 Å². The Hall–Kier alpha value is -1.95. The number of carbonyl (C=O) groups excluding carboxylic acids is 1. The molecular formula is C15H18N2O. The van der Waals surface area contributed by atoms with Gasteiger partial charge in [-0.1, -0.05) is 24.1 Å². The first kappa shape index (κ1) is 12.5. The van der Waals surface area contributed by atoms with E-state index >= 15 is 0 Å². The van der Waals surface area contributed by atoms with Crippen LogP contribution in [0.5, 0.6) is 0 Å². The average Bonchev–Trinajstić information content (AvgIpc) is 2.43. The summed E-state index contributed by atoms with van der Waals surface area (Å²) in [4.78, 5) is 14.1. The lowest BCUT2D eigenvalue weighted by Crippen LogP contribution is -2.47. The van der Waals surface area contributed by atoms with Crippen LogP contribution in [0, 0.1) is 12.3 Å². The zero-order chi connectivity index (χ0) is 13.0. The van der Waals surface area contributed by atoms with Crippen LogP contribution in [0.15, 0.2) is 24.3 Å². The zero-order valence-electron chi connectivity index (χ0n) is 10.6. The van der Waals surface area contributed by atoms with Gasteiger partial charge in [-0.15, -0.1) is 6.42 Å². The molecule has 2 rings (SSSR count). The summed E-state index contributed by atoms with van der Waals surface area (Å²) in [7, 11) is 0. The maximum absolute atomic E-state index is 12.0. The number of terminal acetylenes is 1. The average molecular weight is 242 g/mol. The van der Waals surface area contributed by atoms with Gasteiger partial charge in [-0.2, -0.15) is 0 Å². The summed E-state index contributed by atoms with van der Waals surface area (Å²) >= 11 is 0. The van der Waals surface area contributed by atoms with E-state index in [1.807, 2.05) is 19.1 Å². The Bertz CT molecular complexity index is 476. The van der Waals surface area contributed by atoms with Crippen LogP contribution < -0.4 is 10.2 Å². The van der Waals surface area contributed by atoms with Gasteiger partial charge < -0.3 is 10.2 Å². The van der Waals surface area contributed by atoms with E-state index in [2.05, 4.69) is 28.3 Å². The Morgan fingerprint density at radius 1 is 1.56 bits per heavy atom. The van der Waals surface area contributed by atoms with Gasteiger partial charge in [0, 0.05) is 12.2 Å². The van der Waals surface area contributed by atoms with Crippen molar-refractivity contribution in [3.05, 3.63) is 29.8 Å². The van der Waals surface area contributed by atoms with E-state index in [9.17, 15) is 4.79 Å². The molecule has 0 fully saturated rings. The molecule has 1 atom stereocenters. The summed E-state index contributed by atoms with van der Waals surface area (Å²) < 4.78 is 0. The lowest BCUT2D eigenvalue weighted by atomic mass is 10.00. The third-order valence-corrected chi connectivity index (χ3v) is 3.36. The Kier molecular flexibility index (Phi) is 3.88. The van der Waals surface area contributed by atoms with Crippen molar-refractivity contribution >= 4 is 11.6 Å². The van der Waals surface area contributed by atoms with Crippen LogP contribution in [0.2, 0.25) is 0 Å². The first-order chi connectivity index (χ1) is 8.74. The standard InChI is InChI=1S/C15H18N2O/c1-3-10-16-15(18)12(2)17-11-6-8-13-7-4-5-9-14(13)17/h1,4-5,7,9,12H,6,8,10-11H2,2H3,(H,16,18). The molecule has 0 saturated heterocycles. The maximum Gasteiger partial charge on any atom is 0.243 e. The van der Waals surface area contributed by atoms with E-state index < -0.39 is 0 Å². The van der Waals surface area contributed by atoms with E-state index in [0.717, 1.165) is 19.4 Å². The molecule has 94 valence electrons. The number of hydrogen-bond acceptors (Lipinski definition) is 2. The molecule has 1 heterocycles. The number of carbonyl (C=O) groups is 1.